The minimum atomic E-state index is -0.534. The van der Waals surface area contributed by atoms with Crippen LogP contribution in [-0.4, -0.2) is 27.0 Å². The fourth-order valence-corrected chi connectivity index (χ4v) is 4.11. The van der Waals surface area contributed by atoms with E-state index < -0.39 is 11.9 Å². The summed E-state index contributed by atoms with van der Waals surface area (Å²) >= 11 is 0. The molecular formula is C28H29FN4O2. The summed E-state index contributed by atoms with van der Waals surface area (Å²) in [6, 6.07) is 19.6. The first-order chi connectivity index (χ1) is 16.9. The maximum absolute atomic E-state index is 13.7. The number of aryl methyl sites for hydroxylation is 1. The summed E-state index contributed by atoms with van der Waals surface area (Å²) < 4.78 is 15.1. The molecule has 4 rings (SSSR count). The van der Waals surface area contributed by atoms with Crippen LogP contribution < -0.4 is 10.9 Å². The number of fused-ring (bicyclic) bond motifs is 1. The van der Waals surface area contributed by atoms with Gasteiger partial charge in [0.1, 0.15) is 11.6 Å². The molecule has 180 valence electrons. The van der Waals surface area contributed by atoms with Gasteiger partial charge in [-0.15, -0.1) is 0 Å². The highest BCUT2D eigenvalue weighted by atomic mass is 19.1. The number of rotatable bonds is 7. The lowest BCUT2D eigenvalue weighted by Gasteiger charge is -2.31. The molecule has 4 aromatic rings. The standard InChI is InChI=1S/C28H29FN4O2/c1-4-5-18-32(28(35)31-24-12-8-6-10-19(24)2)20(3)26-30-25-13-9-7-11-23(25)27(34)33(26)22-16-14-21(29)15-17-22/h6-17,20H,4-5,18H2,1-3H3,(H,31,35). The molecule has 0 aliphatic rings. The van der Waals surface area contributed by atoms with Crippen LogP contribution in [0.1, 0.15) is 44.1 Å². The lowest BCUT2D eigenvalue weighted by molar-refractivity contribution is 0.188. The third kappa shape index (κ3) is 5.09. The van der Waals surface area contributed by atoms with E-state index in [4.69, 9.17) is 4.98 Å². The van der Waals surface area contributed by atoms with E-state index in [2.05, 4.69) is 12.2 Å². The van der Waals surface area contributed by atoms with Crippen LogP contribution in [0.4, 0.5) is 14.9 Å². The zero-order valence-corrected chi connectivity index (χ0v) is 20.2. The number of carbonyl (C=O) groups is 1. The zero-order chi connectivity index (χ0) is 24.9. The predicted octanol–water partition coefficient (Wildman–Crippen LogP) is 6.23. The van der Waals surface area contributed by atoms with Crippen LogP contribution in [-0.2, 0) is 0 Å². The molecule has 0 aliphatic heterocycles. The van der Waals surface area contributed by atoms with Crippen molar-refractivity contribution < 1.29 is 9.18 Å². The van der Waals surface area contributed by atoms with Gasteiger partial charge < -0.3 is 10.2 Å². The van der Waals surface area contributed by atoms with E-state index in [1.807, 2.05) is 44.2 Å². The van der Waals surface area contributed by atoms with Gasteiger partial charge in [-0.3, -0.25) is 9.36 Å². The Hall–Kier alpha value is -4.00. The van der Waals surface area contributed by atoms with Gasteiger partial charge in [0.2, 0.25) is 0 Å². The first kappa shape index (κ1) is 24.1. The molecule has 1 heterocycles. The second-order valence-electron chi connectivity index (χ2n) is 8.57. The van der Waals surface area contributed by atoms with Gasteiger partial charge in [0, 0.05) is 12.2 Å². The highest BCUT2D eigenvalue weighted by molar-refractivity contribution is 5.90. The number of nitrogens with zero attached hydrogens (tertiary/aromatic N) is 3. The number of aromatic nitrogens is 2. The van der Waals surface area contributed by atoms with Crippen LogP contribution in [0.25, 0.3) is 16.6 Å². The fraction of sp³-hybridized carbons (Fsp3) is 0.250. The molecule has 1 N–H and O–H groups in total. The molecule has 0 bridgehead atoms. The molecule has 3 aromatic carbocycles. The van der Waals surface area contributed by atoms with Gasteiger partial charge in [-0.05, 0) is 68.3 Å². The second-order valence-corrected chi connectivity index (χ2v) is 8.57. The van der Waals surface area contributed by atoms with Gasteiger partial charge in [-0.25, -0.2) is 14.2 Å². The Balaban J connectivity index is 1.83. The van der Waals surface area contributed by atoms with Crippen molar-refractivity contribution in [2.24, 2.45) is 0 Å². The maximum atomic E-state index is 13.7. The number of hydrogen-bond acceptors (Lipinski definition) is 3. The Bertz CT molecular complexity index is 1400. The quantitative estimate of drug-likeness (QED) is 0.347. The molecule has 2 amide bonds. The number of hydrogen-bond donors (Lipinski definition) is 1. The Labute approximate surface area is 204 Å². The number of urea groups is 1. The van der Waals surface area contributed by atoms with E-state index >= 15 is 0 Å². The lowest BCUT2D eigenvalue weighted by Crippen LogP contribution is -2.40. The summed E-state index contributed by atoms with van der Waals surface area (Å²) in [4.78, 5) is 33.6. The molecule has 1 unspecified atom stereocenters. The topological polar surface area (TPSA) is 67.2 Å². The van der Waals surface area contributed by atoms with Gasteiger partial charge in [0.05, 0.1) is 22.6 Å². The molecule has 1 atom stereocenters. The summed E-state index contributed by atoms with van der Waals surface area (Å²) in [6.45, 7) is 6.35. The van der Waals surface area contributed by atoms with Crippen molar-refractivity contribution in [3.63, 3.8) is 0 Å². The van der Waals surface area contributed by atoms with Crippen molar-refractivity contribution in [3.05, 3.63) is 100 Å². The minimum absolute atomic E-state index is 0.265. The summed E-state index contributed by atoms with van der Waals surface area (Å²) in [5.41, 5.74) is 2.46. The molecule has 0 spiro atoms. The Morgan fingerprint density at radius 3 is 2.46 bits per heavy atom. The van der Waals surface area contributed by atoms with Gasteiger partial charge in [-0.1, -0.05) is 43.7 Å². The maximum Gasteiger partial charge on any atom is 0.322 e. The van der Waals surface area contributed by atoms with Crippen molar-refractivity contribution in [2.75, 3.05) is 11.9 Å². The molecule has 0 aliphatic carbocycles. The summed E-state index contributed by atoms with van der Waals surface area (Å²) in [5.74, 6) is 0.0173. The van der Waals surface area contributed by atoms with E-state index in [9.17, 15) is 14.0 Å². The number of para-hydroxylation sites is 2. The molecule has 0 fully saturated rings. The summed E-state index contributed by atoms with van der Waals surface area (Å²) in [6.07, 6.45) is 1.69. The highest BCUT2D eigenvalue weighted by Crippen LogP contribution is 2.25. The first-order valence-corrected chi connectivity index (χ1v) is 11.8. The number of carbonyl (C=O) groups excluding carboxylic acids is 1. The molecule has 7 heteroatoms. The number of nitrogens with one attached hydrogen (secondary N) is 1. The van der Waals surface area contributed by atoms with Gasteiger partial charge in [0.15, 0.2) is 0 Å². The molecule has 0 saturated carbocycles. The monoisotopic (exact) mass is 472 g/mol. The molecule has 0 radical (unpaired) electrons. The third-order valence-electron chi connectivity index (χ3n) is 6.13. The SMILES string of the molecule is CCCCN(C(=O)Nc1ccccc1C)C(C)c1nc2ccccc2c(=O)n1-c1ccc(F)cc1. The van der Waals surface area contributed by atoms with Crippen molar-refractivity contribution in [1.82, 2.24) is 14.5 Å². The Kier molecular flexibility index (Phi) is 7.25. The van der Waals surface area contributed by atoms with Gasteiger partial charge in [0.25, 0.3) is 5.56 Å². The molecule has 6 nitrogen and oxygen atoms in total. The first-order valence-electron chi connectivity index (χ1n) is 11.8. The van der Waals surface area contributed by atoms with Crippen LogP contribution in [0.5, 0.6) is 0 Å². The van der Waals surface area contributed by atoms with E-state index in [1.54, 1.807) is 35.2 Å². The normalized spacial score (nSPS) is 11.9. The van der Waals surface area contributed by atoms with Crippen molar-refractivity contribution >= 4 is 22.6 Å². The van der Waals surface area contributed by atoms with E-state index in [1.165, 1.54) is 16.7 Å². The predicted molar refractivity (Wildman–Crippen MR) is 138 cm³/mol. The number of amides is 2. The van der Waals surface area contributed by atoms with Crippen LogP contribution in [0.2, 0.25) is 0 Å². The van der Waals surface area contributed by atoms with E-state index in [0.717, 1.165) is 24.1 Å². The smallest absolute Gasteiger partial charge is 0.315 e. The van der Waals surface area contributed by atoms with Crippen molar-refractivity contribution in [1.29, 1.82) is 0 Å². The van der Waals surface area contributed by atoms with Crippen molar-refractivity contribution in [3.8, 4) is 5.69 Å². The van der Waals surface area contributed by atoms with Crippen molar-refractivity contribution in [2.45, 2.75) is 39.7 Å². The number of unbranched alkanes of at least 4 members (excludes halogenated alkanes) is 1. The van der Waals surface area contributed by atoms with Crippen LogP contribution in [0.3, 0.4) is 0 Å². The summed E-state index contributed by atoms with van der Waals surface area (Å²) in [5, 5.41) is 3.47. The van der Waals surface area contributed by atoms with Gasteiger partial charge in [-0.2, -0.15) is 0 Å². The zero-order valence-electron chi connectivity index (χ0n) is 20.2. The number of anilines is 1. The largest absolute Gasteiger partial charge is 0.322 e. The minimum Gasteiger partial charge on any atom is -0.315 e. The van der Waals surface area contributed by atoms with E-state index in [-0.39, 0.29) is 11.6 Å². The van der Waals surface area contributed by atoms with Crippen LogP contribution in [0, 0.1) is 12.7 Å². The summed E-state index contributed by atoms with van der Waals surface area (Å²) in [7, 11) is 0. The molecule has 1 aromatic heterocycles. The Morgan fingerprint density at radius 2 is 1.74 bits per heavy atom. The van der Waals surface area contributed by atoms with Crippen LogP contribution >= 0.6 is 0 Å². The molecule has 35 heavy (non-hydrogen) atoms. The average molecular weight is 473 g/mol. The number of benzene rings is 3. The third-order valence-corrected chi connectivity index (χ3v) is 6.13. The van der Waals surface area contributed by atoms with Gasteiger partial charge >= 0.3 is 6.03 Å². The fourth-order valence-electron chi connectivity index (χ4n) is 4.11. The average Bonchev–Trinajstić information content (AvgIpc) is 2.86. The highest BCUT2D eigenvalue weighted by Gasteiger charge is 2.27. The second kappa shape index (κ2) is 10.5. The molecule has 0 saturated heterocycles. The number of halogens is 1. The lowest BCUT2D eigenvalue weighted by atomic mass is 10.1. The van der Waals surface area contributed by atoms with E-state index in [0.29, 0.717) is 29.0 Å². The molecular weight excluding hydrogens is 443 g/mol. The van der Waals surface area contributed by atoms with Crippen LogP contribution in [0.15, 0.2) is 77.6 Å². The Morgan fingerprint density at radius 1 is 1.06 bits per heavy atom.